The highest BCUT2D eigenvalue weighted by atomic mass is 32.1. The van der Waals surface area contributed by atoms with E-state index in [0.717, 1.165) is 12.2 Å². The molecule has 0 bridgehead atoms. The molecule has 0 spiro atoms. The lowest BCUT2D eigenvalue weighted by Gasteiger charge is -2.02. The average molecular weight is 177 g/mol. The molecule has 0 saturated carbocycles. The zero-order chi connectivity index (χ0) is 7.56. The second-order valence-electron chi connectivity index (χ2n) is 2.50. The quantitative estimate of drug-likeness (QED) is 0.522. The van der Waals surface area contributed by atoms with Crippen LogP contribution in [0, 0.1) is 5.92 Å². The van der Waals surface area contributed by atoms with Crippen LogP contribution in [-0.2, 0) is 4.79 Å². The molecule has 2 nitrogen and oxygen atoms in total. The van der Waals surface area contributed by atoms with Crippen molar-refractivity contribution in [3.05, 3.63) is 0 Å². The van der Waals surface area contributed by atoms with E-state index in [1.54, 1.807) is 0 Å². The van der Waals surface area contributed by atoms with E-state index < -0.39 is 0 Å². The zero-order valence-corrected chi connectivity index (χ0v) is 7.37. The van der Waals surface area contributed by atoms with Crippen molar-refractivity contribution in [1.29, 1.82) is 0 Å². The van der Waals surface area contributed by atoms with Gasteiger partial charge in [-0.2, -0.15) is 25.3 Å². The highest BCUT2D eigenvalue weighted by Gasteiger charge is 2.29. The Hall–Kier alpha value is 0.170. The van der Waals surface area contributed by atoms with E-state index in [9.17, 15) is 4.79 Å². The fraction of sp³-hybridized carbons (Fsp3) is 0.833. The Kier molecular flexibility index (Phi) is 2.92. The van der Waals surface area contributed by atoms with Crippen molar-refractivity contribution < 1.29 is 4.79 Å². The zero-order valence-electron chi connectivity index (χ0n) is 5.58. The van der Waals surface area contributed by atoms with Gasteiger partial charge in [-0.3, -0.25) is 4.79 Å². The molecule has 1 amide bonds. The van der Waals surface area contributed by atoms with Crippen LogP contribution in [0.2, 0.25) is 0 Å². The van der Waals surface area contributed by atoms with Gasteiger partial charge in [0, 0.05) is 23.5 Å². The monoisotopic (exact) mass is 177 g/mol. The average Bonchev–Trinajstić information content (AvgIpc) is 2.30. The van der Waals surface area contributed by atoms with E-state index in [-0.39, 0.29) is 17.9 Å². The van der Waals surface area contributed by atoms with E-state index >= 15 is 0 Å². The molecular formula is C6H11NOS2. The lowest BCUT2D eigenvalue weighted by atomic mass is 10.1. The SMILES string of the molecule is O=C1N[C@H](CS)C[C@@H]1CS. The van der Waals surface area contributed by atoms with Crippen LogP contribution >= 0.6 is 25.3 Å². The Morgan fingerprint density at radius 2 is 2.20 bits per heavy atom. The molecule has 0 aromatic heterocycles. The van der Waals surface area contributed by atoms with Crippen molar-refractivity contribution >= 4 is 31.2 Å². The molecule has 0 unspecified atom stereocenters. The van der Waals surface area contributed by atoms with E-state index in [2.05, 4.69) is 30.6 Å². The maximum atomic E-state index is 11.0. The van der Waals surface area contributed by atoms with Gasteiger partial charge in [-0.25, -0.2) is 0 Å². The standard InChI is InChI=1S/C6H11NOS2/c8-6-4(2-9)1-5(3-10)7-6/h4-5,9-10H,1-3H2,(H,7,8)/t4-,5+/m1/s1. The molecule has 4 heteroatoms. The predicted octanol–water partition coefficient (Wildman–Crippen LogP) is 0.351. The molecule has 0 aromatic carbocycles. The smallest absolute Gasteiger partial charge is 0.224 e. The highest BCUT2D eigenvalue weighted by Crippen LogP contribution is 2.16. The van der Waals surface area contributed by atoms with E-state index in [4.69, 9.17) is 0 Å². The van der Waals surface area contributed by atoms with Crippen LogP contribution in [0.1, 0.15) is 6.42 Å². The molecule has 2 atom stereocenters. The Bertz CT molecular complexity index is 140. The molecule has 1 aliphatic rings. The summed E-state index contributed by atoms with van der Waals surface area (Å²) >= 11 is 8.16. The van der Waals surface area contributed by atoms with Crippen LogP contribution in [-0.4, -0.2) is 23.5 Å². The molecule has 1 saturated heterocycles. The van der Waals surface area contributed by atoms with Crippen molar-refractivity contribution in [2.24, 2.45) is 5.92 Å². The summed E-state index contributed by atoms with van der Waals surface area (Å²) in [4.78, 5) is 11.0. The molecule has 1 aliphatic heterocycles. The predicted molar refractivity (Wildman–Crippen MR) is 47.7 cm³/mol. The summed E-state index contributed by atoms with van der Waals surface area (Å²) in [6, 6.07) is 0.271. The van der Waals surface area contributed by atoms with Crippen molar-refractivity contribution in [1.82, 2.24) is 5.32 Å². The molecule has 1 N–H and O–H groups in total. The second kappa shape index (κ2) is 3.53. The molecule has 1 fully saturated rings. The number of thiol groups is 2. The molecular weight excluding hydrogens is 166 g/mol. The van der Waals surface area contributed by atoms with Gasteiger partial charge < -0.3 is 5.32 Å². The first-order chi connectivity index (χ1) is 4.77. The minimum Gasteiger partial charge on any atom is -0.352 e. The first-order valence-corrected chi connectivity index (χ1v) is 4.56. The third kappa shape index (κ3) is 1.61. The lowest BCUT2D eigenvalue weighted by Crippen LogP contribution is -2.27. The number of hydrogen-bond acceptors (Lipinski definition) is 3. The normalized spacial score (nSPS) is 32.4. The summed E-state index contributed by atoms with van der Waals surface area (Å²) in [6.45, 7) is 0. The minimum atomic E-state index is 0.112. The number of carbonyl (C=O) groups excluding carboxylic acids is 1. The van der Waals surface area contributed by atoms with Crippen molar-refractivity contribution in [3.63, 3.8) is 0 Å². The molecule has 10 heavy (non-hydrogen) atoms. The lowest BCUT2D eigenvalue weighted by molar-refractivity contribution is -0.121. The fourth-order valence-electron chi connectivity index (χ4n) is 1.11. The Morgan fingerprint density at radius 3 is 2.50 bits per heavy atom. The van der Waals surface area contributed by atoms with Gasteiger partial charge in [0.1, 0.15) is 0 Å². The van der Waals surface area contributed by atoms with E-state index in [0.29, 0.717) is 5.75 Å². The van der Waals surface area contributed by atoms with Gasteiger partial charge in [0.05, 0.1) is 0 Å². The van der Waals surface area contributed by atoms with Crippen LogP contribution < -0.4 is 5.32 Å². The first-order valence-electron chi connectivity index (χ1n) is 3.30. The van der Waals surface area contributed by atoms with Gasteiger partial charge in [-0.05, 0) is 6.42 Å². The molecule has 0 aliphatic carbocycles. The van der Waals surface area contributed by atoms with Crippen molar-refractivity contribution in [2.45, 2.75) is 12.5 Å². The fourth-order valence-corrected chi connectivity index (χ4v) is 1.66. The summed E-state index contributed by atoms with van der Waals surface area (Å²) in [6.07, 6.45) is 0.895. The van der Waals surface area contributed by atoms with Crippen molar-refractivity contribution in [3.8, 4) is 0 Å². The molecule has 0 aromatic rings. The molecule has 1 rings (SSSR count). The summed E-state index contributed by atoms with van der Waals surface area (Å²) < 4.78 is 0. The van der Waals surface area contributed by atoms with Gasteiger partial charge in [0.2, 0.25) is 5.91 Å². The summed E-state index contributed by atoms with van der Waals surface area (Å²) in [5, 5.41) is 2.84. The van der Waals surface area contributed by atoms with Crippen LogP contribution in [0.25, 0.3) is 0 Å². The summed E-state index contributed by atoms with van der Waals surface area (Å²) in [7, 11) is 0. The van der Waals surface area contributed by atoms with Gasteiger partial charge >= 0.3 is 0 Å². The minimum absolute atomic E-state index is 0.112. The summed E-state index contributed by atoms with van der Waals surface area (Å²) in [5.41, 5.74) is 0. The van der Waals surface area contributed by atoms with Crippen LogP contribution in [0.4, 0.5) is 0 Å². The highest BCUT2D eigenvalue weighted by molar-refractivity contribution is 7.80. The van der Waals surface area contributed by atoms with Crippen LogP contribution in [0.3, 0.4) is 0 Å². The van der Waals surface area contributed by atoms with Gasteiger partial charge in [0.25, 0.3) is 0 Å². The van der Waals surface area contributed by atoms with Gasteiger partial charge in [-0.1, -0.05) is 0 Å². The topological polar surface area (TPSA) is 29.1 Å². The Morgan fingerprint density at radius 1 is 1.50 bits per heavy atom. The number of hydrogen-bond donors (Lipinski definition) is 3. The Balaban J connectivity index is 2.44. The first kappa shape index (κ1) is 8.27. The molecule has 58 valence electrons. The van der Waals surface area contributed by atoms with Gasteiger partial charge in [0.15, 0.2) is 0 Å². The maximum absolute atomic E-state index is 11.0. The third-order valence-electron chi connectivity index (χ3n) is 1.73. The van der Waals surface area contributed by atoms with Crippen LogP contribution in [0.15, 0.2) is 0 Å². The number of carbonyl (C=O) groups is 1. The third-order valence-corrected chi connectivity index (χ3v) is 2.61. The largest absolute Gasteiger partial charge is 0.352 e. The molecule has 0 radical (unpaired) electrons. The second-order valence-corrected chi connectivity index (χ2v) is 3.23. The van der Waals surface area contributed by atoms with Gasteiger partial charge in [-0.15, -0.1) is 0 Å². The maximum Gasteiger partial charge on any atom is 0.224 e. The number of nitrogens with one attached hydrogen (secondary N) is 1. The number of amides is 1. The van der Waals surface area contributed by atoms with Crippen molar-refractivity contribution in [2.75, 3.05) is 11.5 Å². The Labute approximate surface area is 71.6 Å². The number of rotatable bonds is 2. The van der Waals surface area contributed by atoms with E-state index in [1.165, 1.54) is 0 Å². The molecule has 1 heterocycles. The summed E-state index contributed by atoms with van der Waals surface area (Å²) in [5.74, 6) is 1.63. The van der Waals surface area contributed by atoms with Crippen LogP contribution in [0.5, 0.6) is 0 Å². The van der Waals surface area contributed by atoms with E-state index in [1.807, 2.05) is 0 Å².